The second-order valence-electron chi connectivity index (χ2n) is 3.32. The summed E-state index contributed by atoms with van der Waals surface area (Å²) in [6.07, 6.45) is 4.91. The van der Waals surface area contributed by atoms with Gasteiger partial charge in [0.1, 0.15) is 0 Å². The average Bonchev–Trinajstić information content (AvgIpc) is 2.70. The van der Waals surface area contributed by atoms with Crippen molar-refractivity contribution in [2.24, 2.45) is 0 Å². The predicted molar refractivity (Wildman–Crippen MR) is 57.6 cm³/mol. The first-order chi connectivity index (χ1) is 7.57. The second-order valence-corrected chi connectivity index (χ2v) is 4.71. The van der Waals surface area contributed by atoms with Gasteiger partial charge in [0.25, 0.3) is 10.1 Å². The molecular formula is C10H10N2O3S. The molecule has 0 amide bonds. The fourth-order valence-corrected chi connectivity index (χ4v) is 2.18. The zero-order valence-corrected chi connectivity index (χ0v) is 9.13. The van der Waals surface area contributed by atoms with Gasteiger partial charge in [-0.1, -0.05) is 18.2 Å². The molecule has 84 valence electrons. The van der Waals surface area contributed by atoms with Crippen molar-refractivity contribution in [2.75, 3.05) is 0 Å². The lowest BCUT2D eigenvalue weighted by atomic mass is 10.2. The van der Waals surface area contributed by atoms with E-state index in [2.05, 4.69) is 4.98 Å². The summed E-state index contributed by atoms with van der Waals surface area (Å²) in [6.45, 7) is 0.357. The molecule has 6 heteroatoms. The number of rotatable bonds is 3. The molecular weight excluding hydrogens is 228 g/mol. The Hall–Kier alpha value is -1.66. The van der Waals surface area contributed by atoms with E-state index in [1.807, 2.05) is 0 Å². The SMILES string of the molecule is O=S(=O)(O)c1ccccc1Cn1ccnc1. The van der Waals surface area contributed by atoms with E-state index in [1.165, 1.54) is 6.07 Å². The van der Waals surface area contributed by atoms with Crippen LogP contribution in [0.3, 0.4) is 0 Å². The summed E-state index contributed by atoms with van der Waals surface area (Å²) in [5.74, 6) is 0. The van der Waals surface area contributed by atoms with Gasteiger partial charge in [-0.2, -0.15) is 8.42 Å². The molecule has 16 heavy (non-hydrogen) atoms. The molecule has 5 nitrogen and oxygen atoms in total. The van der Waals surface area contributed by atoms with Crippen molar-refractivity contribution in [3.8, 4) is 0 Å². The third-order valence-corrected chi connectivity index (χ3v) is 3.12. The summed E-state index contributed by atoms with van der Waals surface area (Å²) in [5, 5.41) is 0. The van der Waals surface area contributed by atoms with Gasteiger partial charge in [-0.25, -0.2) is 4.98 Å². The van der Waals surface area contributed by atoms with Crippen LogP contribution < -0.4 is 0 Å². The van der Waals surface area contributed by atoms with Crippen LogP contribution in [0.4, 0.5) is 0 Å². The molecule has 0 saturated heterocycles. The fraction of sp³-hybridized carbons (Fsp3) is 0.100. The van der Waals surface area contributed by atoms with Crippen molar-refractivity contribution in [2.45, 2.75) is 11.4 Å². The molecule has 2 rings (SSSR count). The standard InChI is InChI=1S/C10H10N2O3S/c13-16(14,15)10-4-2-1-3-9(10)7-12-6-5-11-8-12/h1-6,8H,7H2,(H,13,14,15). The van der Waals surface area contributed by atoms with Crippen LogP contribution in [-0.2, 0) is 16.7 Å². The van der Waals surface area contributed by atoms with Gasteiger partial charge in [-0.15, -0.1) is 0 Å². The third-order valence-electron chi connectivity index (χ3n) is 2.16. The molecule has 0 radical (unpaired) electrons. The van der Waals surface area contributed by atoms with Crippen molar-refractivity contribution in [3.05, 3.63) is 48.5 Å². The maximum Gasteiger partial charge on any atom is 0.294 e. The van der Waals surface area contributed by atoms with Gasteiger partial charge < -0.3 is 4.57 Å². The van der Waals surface area contributed by atoms with Crippen LogP contribution in [0.15, 0.2) is 47.9 Å². The van der Waals surface area contributed by atoms with E-state index in [1.54, 1.807) is 41.5 Å². The molecule has 1 aromatic heterocycles. The highest BCUT2D eigenvalue weighted by Crippen LogP contribution is 2.15. The first-order valence-corrected chi connectivity index (χ1v) is 6.02. The molecule has 0 fully saturated rings. The molecule has 0 atom stereocenters. The maximum absolute atomic E-state index is 11.1. The van der Waals surface area contributed by atoms with Crippen LogP contribution in [0.5, 0.6) is 0 Å². The summed E-state index contributed by atoms with van der Waals surface area (Å²) in [6, 6.07) is 6.33. The second kappa shape index (κ2) is 4.07. The normalized spacial score (nSPS) is 11.6. The van der Waals surface area contributed by atoms with Crippen molar-refractivity contribution in [1.82, 2.24) is 9.55 Å². The van der Waals surface area contributed by atoms with E-state index in [0.717, 1.165) is 0 Å². The van der Waals surface area contributed by atoms with E-state index in [4.69, 9.17) is 4.55 Å². The number of benzene rings is 1. The van der Waals surface area contributed by atoms with Crippen LogP contribution in [0.2, 0.25) is 0 Å². The summed E-state index contributed by atoms with van der Waals surface area (Å²) < 4.78 is 33.0. The highest BCUT2D eigenvalue weighted by atomic mass is 32.2. The predicted octanol–water partition coefficient (Wildman–Crippen LogP) is 1.18. The Labute approximate surface area is 93.1 Å². The molecule has 1 N–H and O–H groups in total. The molecule has 0 unspecified atom stereocenters. The third kappa shape index (κ3) is 2.29. The van der Waals surface area contributed by atoms with Crippen LogP contribution in [0.25, 0.3) is 0 Å². The van der Waals surface area contributed by atoms with Gasteiger partial charge in [-0.3, -0.25) is 4.55 Å². The van der Waals surface area contributed by atoms with E-state index in [9.17, 15) is 8.42 Å². The number of imidazole rings is 1. The molecule has 0 bridgehead atoms. The van der Waals surface area contributed by atoms with E-state index in [0.29, 0.717) is 12.1 Å². The van der Waals surface area contributed by atoms with Crippen LogP contribution >= 0.6 is 0 Å². The van der Waals surface area contributed by atoms with Gasteiger partial charge in [0, 0.05) is 18.9 Å². The highest BCUT2D eigenvalue weighted by Gasteiger charge is 2.14. The number of nitrogens with zero attached hydrogens (tertiary/aromatic N) is 2. The first kappa shape index (κ1) is 10.8. The van der Waals surface area contributed by atoms with Crippen LogP contribution in [-0.4, -0.2) is 22.5 Å². The minimum atomic E-state index is -4.17. The number of aromatic nitrogens is 2. The Bertz CT molecular complexity index is 576. The first-order valence-electron chi connectivity index (χ1n) is 4.58. The quantitative estimate of drug-likeness (QED) is 0.815. The summed E-state index contributed by atoms with van der Waals surface area (Å²) in [4.78, 5) is 3.80. The highest BCUT2D eigenvalue weighted by molar-refractivity contribution is 7.85. The Morgan fingerprint density at radius 1 is 1.31 bits per heavy atom. The molecule has 0 aliphatic carbocycles. The van der Waals surface area contributed by atoms with Crippen LogP contribution in [0.1, 0.15) is 5.56 Å². The van der Waals surface area contributed by atoms with Crippen molar-refractivity contribution < 1.29 is 13.0 Å². The molecule has 1 aromatic carbocycles. The van der Waals surface area contributed by atoms with Gasteiger partial charge in [0.2, 0.25) is 0 Å². The Morgan fingerprint density at radius 2 is 2.06 bits per heavy atom. The minimum absolute atomic E-state index is 0.0660. The zero-order chi connectivity index (χ0) is 11.6. The lowest BCUT2D eigenvalue weighted by Gasteiger charge is -2.07. The Morgan fingerprint density at radius 3 is 2.69 bits per heavy atom. The molecule has 0 saturated carbocycles. The molecule has 2 aromatic rings. The molecule has 0 spiro atoms. The lowest BCUT2D eigenvalue weighted by molar-refractivity contribution is 0.481. The monoisotopic (exact) mass is 238 g/mol. The largest absolute Gasteiger partial charge is 0.333 e. The zero-order valence-electron chi connectivity index (χ0n) is 8.31. The number of hydrogen-bond acceptors (Lipinski definition) is 3. The van der Waals surface area contributed by atoms with Crippen molar-refractivity contribution in [1.29, 1.82) is 0 Å². The Kier molecular flexibility index (Phi) is 2.76. The van der Waals surface area contributed by atoms with E-state index in [-0.39, 0.29) is 4.90 Å². The van der Waals surface area contributed by atoms with Crippen molar-refractivity contribution in [3.63, 3.8) is 0 Å². The molecule has 0 aliphatic rings. The Balaban J connectivity index is 2.42. The van der Waals surface area contributed by atoms with Gasteiger partial charge in [0.05, 0.1) is 11.2 Å². The summed E-state index contributed by atoms with van der Waals surface area (Å²) >= 11 is 0. The lowest BCUT2D eigenvalue weighted by Crippen LogP contribution is -2.06. The minimum Gasteiger partial charge on any atom is -0.333 e. The molecule has 0 aliphatic heterocycles. The van der Waals surface area contributed by atoms with Gasteiger partial charge >= 0.3 is 0 Å². The van der Waals surface area contributed by atoms with Crippen LogP contribution in [0, 0.1) is 0 Å². The van der Waals surface area contributed by atoms with E-state index >= 15 is 0 Å². The fourth-order valence-electron chi connectivity index (χ4n) is 1.46. The smallest absolute Gasteiger partial charge is 0.294 e. The topological polar surface area (TPSA) is 72.2 Å². The summed E-state index contributed by atoms with van der Waals surface area (Å²) in [7, 11) is -4.17. The van der Waals surface area contributed by atoms with Gasteiger partial charge in [0.15, 0.2) is 0 Å². The summed E-state index contributed by atoms with van der Waals surface area (Å²) in [5.41, 5.74) is 0.531. The number of hydrogen-bond donors (Lipinski definition) is 1. The van der Waals surface area contributed by atoms with Crippen molar-refractivity contribution >= 4 is 10.1 Å². The van der Waals surface area contributed by atoms with E-state index < -0.39 is 10.1 Å². The molecule has 1 heterocycles. The van der Waals surface area contributed by atoms with Gasteiger partial charge in [-0.05, 0) is 11.6 Å². The average molecular weight is 238 g/mol. The maximum atomic E-state index is 11.1.